The molecule has 0 saturated heterocycles. The van der Waals surface area contributed by atoms with Crippen LogP contribution in [0.2, 0.25) is 0 Å². The van der Waals surface area contributed by atoms with E-state index in [1.54, 1.807) is 12.3 Å². The van der Waals surface area contributed by atoms with E-state index in [9.17, 15) is 14.3 Å². The molecule has 0 amide bonds. The Labute approximate surface area is 168 Å². The molecule has 29 heavy (non-hydrogen) atoms. The predicted octanol–water partition coefficient (Wildman–Crippen LogP) is 4.58. The second-order valence-corrected chi connectivity index (χ2v) is 7.77. The molecule has 0 radical (unpaired) electrons. The van der Waals surface area contributed by atoms with Crippen LogP contribution in [0.3, 0.4) is 0 Å². The number of benzene rings is 3. The van der Waals surface area contributed by atoms with Crippen LogP contribution in [0.15, 0.2) is 65.6 Å². The maximum Gasteiger partial charge on any atom is 0.256 e. The van der Waals surface area contributed by atoms with Gasteiger partial charge in [-0.05, 0) is 29.8 Å². The summed E-state index contributed by atoms with van der Waals surface area (Å²) in [6.07, 6.45) is 1.59. The first-order chi connectivity index (χ1) is 14.2. The minimum atomic E-state index is -0.403. The number of halogens is 1. The molecule has 0 bridgehead atoms. The average Bonchev–Trinajstić information content (AvgIpc) is 3.17. The number of hydrogen-bond donors (Lipinski definition) is 3. The molecular formula is C22H16FN3O2S. The SMILES string of the molecule is O=c1[nH]ccc2c3sc(NC(CO)c4ccccc4)nc3c3ccc(F)cc3c12. The first-order valence-electron chi connectivity index (χ1n) is 9.11. The zero-order valence-corrected chi connectivity index (χ0v) is 16.0. The summed E-state index contributed by atoms with van der Waals surface area (Å²) in [5, 5.41) is 16.2. The van der Waals surface area contributed by atoms with Crippen molar-refractivity contribution < 1.29 is 9.50 Å². The van der Waals surface area contributed by atoms with Gasteiger partial charge >= 0.3 is 0 Å². The third kappa shape index (κ3) is 2.95. The molecule has 0 saturated carbocycles. The number of aromatic amines is 1. The maximum absolute atomic E-state index is 13.9. The minimum Gasteiger partial charge on any atom is -0.394 e. The number of hydrogen-bond acceptors (Lipinski definition) is 5. The molecule has 0 aliphatic heterocycles. The fourth-order valence-corrected chi connectivity index (χ4v) is 4.74. The third-order valence-corrected chi connectivity index (χ3v) is 6.04. The second-order valence-electron chi connectivity index (χ2n) is 6.77. The van der Waals surface area contributed by atoms with Crippen molar-refractivity contribution in [3.8, 4) is 0 Å². The number of nitrogens with zero attached hydrogens (tertiary/aromatic N) is 1. The van der Waals surface area contributed by atoms with Crippen molar-refractivity contribution in [3.63, 3.8) is 0 Å². The zero-order valence-electron chi connectivity index (χ0n) is 15.1. The summed E-state index contributed by atoms with van der Waals surface area (Å²) in [6.45, 7) is -0.0910. The summed E-state index contributed by atoms with van der Waals surface area (Å²) in [6, 6.07) is 15.5. The molecule has 1 atom stereocenters. The molecule has 2 aromatic heterocycles. The fraction of sp³-hybridized carbons (Fsp3) is 0.0909. The number of H-pyrrole nitrogens is 1. The molecule has 5 aromatic rings. The summed E-state index contributed by atoms with van der Waals surface area (Å²) in [5.41, 5.74) is 1.39. The Balaban J connectivity index is 1.75. The molecular weight excluding hydrogens is 389 g/mol. The number of aromatic nitrogens is 2. The van der Waals surface area contributed by atoms with Crippen molar-refractivity contribution in [2.45, 2.75) is 6.04 Å². The minimum absolute atomic E-state index is 0.0910. The van der Waals surface area contributed by atoms with Gasteiger partial charge in [0.25, 0.3) is 5.56 Å². The van der Waals surface area contributed by atoms with Gasteiger partial charge in [-0.2, -0.15) is 0 Å². The molecule has 5 nitrogen and oxygen atoms in total. The van der Waals surface area contributed by atoms with Gasteiger partial charge in [0.15, 0.2) is 5.13 Å². The topological polar surface area (TPSA) is 78.0 Å². The lowest BCUT2D eigenvalue weighted by atomic mass is 10.0. The normalized spacial score (nSPS) is 12.6. The number of fused-ring (bicyclic) bond motifs is 6. The van der Waals surface area contributed by atoms with Crippen molar-refractivity contribution >= 4 is 48.2 Å². The summed E-state index contributed by atoms with van der Waals surface area (Å²) in [5.74, 6) is -0.403. The van der Waals surface area contributed by atoms with Gasteiger partial charge in [0.2, 0.25) is 0 Å². The standard InChI is InChI=1S/C22H16FN3O2S/c23-13-6-7-14-16(10-13)18-15(8-9-24-21(18)28)20-19(14)26-22(29-20)25-17(11-27)12-4-2-1-3-5-12/h1-10,17,27H,11H2,(H,24,28)(H,25,26). The Morgan fingerprint density at radius 1 is 1.10 bits per heavy atom. The Bertz CT molecular complexity index is 1410. The van der Waals surface area contributed by atoms with Crippen LogP contribution < -0.4 is 10.9 Å². The van der Waals surface area contributed by atoms with Crippen LogP contribution in [0.25, 0.3) is 31.8 Å². The zero-order chi connectivity index (χ0) is 20.0. The van der Waals surface area contributed by atoms with Gasteiger partial charge in [-0.25, -0.2) is 9.37 Å². The van der Waals surface area contributed by atoms with E-state index in [0.717, 1.165) is 21.0 Å². The van der Waals surface area contributed by atoms with E-state index in [1.165, 1.54) is 23.5 Å². The van der Waals surface area contributed by atoms with Crippen LogP contribution in [0, 0.1) is 5.82 Å². The van der Waals surface area contributed by atoms with E-state index in [1.807, 2.05) is 36.4 Å². The van der Waals surface area contributed by atoms with E-state index in [2.05, 4.69) is 10.3 Å². The molecule has 144 valence electrons. The van der Waals surface area contributed by atoms with E-state index in [4.69, 9.17) is 4.98 Å². The molecule has 3 aromatic carbocycles. The average molecular weight is 405 g/mol. The second kappa shape index (κ2) is 6.95. The Morgan fingerprint density at radius 2 is 1.93 bits per heavy atom. The van der Waals surface area contributed by atoms with Gasteiger partial charge in [-0.15, -0.1) is 0 Å². The predicted molar refractivity (Wildman–Crippen MR) is 115 cm³/mol. The van der Waals surface area contributed by atoms with Gasteiger partial charge in [-0.1, -0.05) is 41.7 Å². The van der Waals surface area contributed by atoms with Crippen molar-refractivity contribution in [2.75, 3.05) is 11.9 Å². The molecule has 3 N–H and O–H groups in total. The highest BCUT2D eigenvalue weighted by atomic mass is 32.1. The molecule has 1 unspecified atom stereocenters. The van der Waals surface area contributed by atoms with Crippen molar-refractivity contribution in [2.24, 2.45) is 0 Å². The quantitative estimate of drug-likeness (QED) is 0.383. The lowest BCUT2D eigenvalue weighted by Gasteiger charge is -2.15. The summed E-state index contributed by atoms with van der Waals surface area (Å²) >= 11 is 1.41. The monoisotopic (exact) mass is 405 g/mol. The van der Waals surface area contributed by atoms with Crippen LogP contribution in [-0.4, -0.2) is 21.7 Å². The highest BCUT2D eigenvalue weighted by molar-refractivity contribution is 7.23. The smallest absolute Gasteiger partial charge is 0.256 e. The van der Waals surface area contributed by atoms with E-state index in [0.29, 0.717) is 21.4 Å². The van der Waals surface area contributed by atoms with E-state index in [-0.39, 0.29) is 18.2 Å². The number of anilines is 1. The van der Waals surface area contributed by atoms with Crippen LogP contribution in [0.5, 0.6) is 0 Å². The molecule has 7 heteroatoms. The molecule has 0 fully saturated rings. The van der Waals surface area contributed by atoms with Crippen LogP contribution in [0.4, 0.5) is 9.52 Å². The van der Waals surface area contributed by atoms with Gasteiger partial charge in [-0.3, -0.25) is 4.79 Å². The molecule has 0 spiro atoms. The first kappa shape index (κ1) is 17.8. The lowest BCUT2D eigenvalue weighted by Crippen LogP contribution is -2.14. The Kier molecular flexibility index (Phi) is 4.26. The van der Waals surface area contributed by atoms with Crippen molar-refractivity contribution in [1.29, 1.82) is 0 Å². The number of pyridine rings is 1. The third-order valence-electron chi connectivity index (χ3n) is 5.02. The van der Waals surface area contributed by atoms with Crippen LogP contribution >= 0.6 is 11.3 Å². The number of thiazole rings is 1. The Hall–Kier alpha value is -3.29. The summed E-state index contributed by atoms with van der Waals surface area (Å²) in [7, 11) is 0. The molecule has 2 heterocycles. The van der Waals surface area contributed by atoms with Crippen LogP contribution in [-0.2, 0) is 0 Å². The van der Waals surface area contributed by atoms with Gasteiger partial charge in [0.05, 0.1) is 28.3 Å². The number of nitrogens with one attached hydrogen (secondary N) is 2. The van der Waals surface area contributed by atoms with E-state index >= 15 is 0 Å². The maximum atomic E-state index is 13.9. The first-order valence-corrected chi connectivity index (χ1v) is 9.93. The van der Waals surface area contributed by atoms with Gasteiger partial charge in [0.1, 0.15) is 5.82 Å². The molecule has 0 aliphatic carbocycles. The summed E-state index contributed by atoms with van der Waals surface area (Å²) < 4.78 is 14.8. The Morgan fingerprint density at radius 3 is 2.72 bits per heavy atom. The van der Waals surface area contributed by atoms with Crippen molar-refractivity contribution in [3.05, 3.63) is 82.5 Å². The number of aliphatic hydroxyl groups excluding tert-OH is 1. The summed E-state index contributed by atoms with van der Waals surface area (Å²) in [4.78, 5) is 19.9. The van der Waals surface area contributed by atoms with Crippen molar-refractivity contribution in [1.82, 2.24) is 9.97 Å². The van der Waals surface area contributed by atoms with Crippen LogP contribution in [0.1, 0.15) is 11.6 Å². The fourth-order valence-electron chi connectivity index (χ4n) is 3.68. The number of rotatable bonds is 4. The lowest BCUT2D eigenvalue weighted by molar-refractivity contribution is 0.276. The molecule has 0 aliphatic rings. The van der Waals surface area contributed by atoms with E-state index < -0.39 is 5.82 Å². The highest BCUT2D eigenvalue weighted by Gasteiger charge is 2.18. The highest BCUT2D eigenvalue weighted by Crippen LogP contribution is 2.39. The van der Waals surface area contributed by atoms with Gasteiger partial charge in [0, 0.05) is 22.4 Å². The van der Waals surface area contributed by atoms with Gasteiger partial charge < -0.3 is 15.4 Å². The largest absolute Gasteiger partial charge is 0.394 e. The molecule has 5 rings (SSSR count). The number of aliphatic hydroxyl groups is 1.